The van der Waals surface area contributed by atoms with Crippen molar-refractivity contribution in [3.63, 3.8) is 0 Å². The summed E-state index contributed by atoms with van der Waals surface area (Å²) in [5, 5.41) is 3.07. The minimum Gasteiger partial charge on any atom is -0.372 e. The number of aromatic nitrogens is 1. The molecule has 0 aliphatic heterocycles. The van der Waals surface area contributed by atoms with Crippen molar-refractivity contribution < 1.29 is 4.74 Å². The van der Waals surface area contributed by atoms with Gasteiger partial charge in [-0.3, -0.25) is 4.98 Å². The Morgan fingerprint density at radius 2 is 2.36 bits per heavy atom. The molecule has 1 unspecified atom stereocenters. The molecule has 3 nitrogen and oxygen atoms in total. The molecule has 0 aliphatic rings. The molecular weight excluding hydrogens is 244 g/mol. The summed E-state index contributed by atoms with van der Waals surface area (Å²) in [7, 11) is 1.92. The minimum absolute atomic E-state index is 0.221. The van der Waals surface area contributed by atoms with Crippen molar-refractivity contribution in [1.82, 2.24) is 10.3 Å². The van der Waals surface area contributed by atoms with E-state index in [0.29, 0.717) is 6.61 Å². The quantitative estimate of drug-likeness (QED) is 0.877. The molecule has 0 bridgehead atoms. The molecule has 1 aromatic heterocycles. The second kappa shape index (κ2) is 6.11. The molecule has 78 valence electrons. The maximum absolute atomic E-state index is 5.60. The highest BCUT2D eigenvalue weighted by Gasteiger charge is 2.01. The van der Waals surface area contributed by atoms with Gasteiger partial charge in [0.1, 0.15) is 0 Å². The summed E-state index contributed by atoms with van der Waals surface area (Å²) in [6.45, 7) is 3.51. The summed E-state index contributed by atoms with van der Waals surface area (Å²) in [5.41, 5.74) is 1.09. The largest absolute Gasteiger partial charge is 0.372 e. The van der Waals surface area contributed by atoms with Crippen LogP contribution in [0.1, 0.15) is 12.5 Å². The van der Waals surface area contributed by atoms with Crippen LogP contribution in [-0.4, -0.2) is 24.7 Å². The number of nitrogens with one attached hydrogen (secondary N) is 1. The van der Waals surface area contributed by atoms with Gasteiger partial charge in [-0.25, -0.2) is 0 Å². The molecule has 0 saturated heterocycles. The van der Waals surface area contributed by atoms with Gasteiger partial charge in [0.2, 0.25) is 0 Å². The predicted molar refractivity (Wildman–Crippen MR) is 60.1 cm³/mol. The Morgan fingerprint density at radius 3 is 3.00 bits per heavy atom. The van der Waals surface area contributed by atoms with Crippen LogP contribution in [0.15, 0.2) is 22.9 Å². The average Bonchev–Trinajstić information content (AvgIpc) is 2.15. The van der Waals surface area contributed by atoms with E-state index < -0.39 is 0 Å². The van der Waals surface area contributed by atoms with Gasteiger partial charge in [0.05, 0.1) is 12.7 Å². The Morgan fingerprint density at radius 1 is 1.57 bits per heavy atom. The van der Waals surface area contributed by atoms with Crippen molar-refractivity contribution in [1.29, 1.82) is 0 Å². The predicted octanol–water partition coefficient (Wildman–Crippen LogP) is 1.97. The lowest BCUT2D eigenvalue weighted by Gasteiger charge is -2.12. The number of hydrogen-bond donors (Lipinski definition) is 1. The summed E-state index contributed by atoms with van der Waals surface area (Å²) >= 11 is 3.37. The van der Waals surface area contributed by atoms with Crippen molar-refractivity contribution >= 4 is 15.9 Å². The van der Waals surface area contributed by atoms with E-state index in [1.807, 2.05) is 26.2 Å². The first kappa shape index (κ1) is 11.6. The van der Waals surface area contributed by atoms with Crippen LogP contribution in [-0.2, 0) is 11.3 Å². The third kappa shape index (κ3) is 4.17. The van der Waals surface area contributed by atoms with Crippen LogP contribution in [0.3, 0.4) is 0 Å². The first-order valence-electron chi connectivity index (χ1n) is 4.58. The zero-order chi connectivity index (χ0) is 10.4. The molecule has 0 radical (unpaired) electrons. The molecule has 0 saturated carbocycles. The third-order valence-corrected chi connectivity index (χ3v) is 2.22. The van der Waals surface area contributed by atoms with Gasteiger partial charge in [0.25, 0.3) is 0 Å². The molecule has 1 heterocycles. The van der Waals surface area contributed by atoms with Gasteiger partial charge in [-0.15, -0.1) is 0 Å². The van der Waals surface area contributed by atoms with Crippen molar-refractivity contribution in [3.05, 3.63) is 28.5 Å². The summed E-state index contributed by atoms with van der Waals surface area (Å²) in [4.78, 5) is 4.07. The van der Waals surface area contributed by atoms with Gasteiger partial charge in [-0.05, 0) is 41.5 Å². The standard InChI is InChI=1S/C10H15BrN2O/c1-8(4-12-2)14-7-9-3-10(11)6-13-5-9/h3,5-6,8,12H,4,7H2,1-2H3. The van der Waals surface area contributed by atoms with E-state index in [9.17, 15) is 0 Å². The molecule has 0 fully saturated rings. The Labute approximate surface area is 93.0 Å². The second-order valence-corrected chi connectivity index (χ2v) is 4.11. The van der Waals surface area contributed by atoms with Crippen LogP contribution in [0, 0.1) is 0 Å². The molecule has 0 spiro atoms. The topological polar surface area (TPSA) is 34.1 Å². The fourth-order valence-electron chi connectivity index (χ4n) is 1.12. The van der Waals surface area contributed by atoms with Crippen molar-refractivity contribution in [2.24, 2.45) is 0 Å². The van der Waals surface area contributed by atoms with Gasteiger partial charge >= 0.3 is 0 Å². The van der Waals surface area contributed by atoms with Crippen molar-refractivity contribution in [2.45, 2.75) is 19.6 Å². The van der Waals surface area contributed by atoms with Gasteiger partial charge in [0.15, 0.2) is 0 Å². The average molecular weight is 259 g/mol. The zero-order valence-corrected chi connectivity index (χ0v) is 10.0. The number of ether oxygens (including phenoxy) is 1. The van der Waals surface area contributed by atoms with E-state index in [-0.39, 0.29) is 6.10 Å². The number of halogens is 1. The zero-order valence-electron chi connectivity index (χ0n) is 8.46. The summed E-state index contributed by atoms with van der Waals surface area (Å²) in [6, 6.07) is 2.01. The summed E-state index contributed by atoms with van der Waals surface area (Å²) in [5.74, 6) is 0. The Kier molecular flexibility index (Phi) is 5.07. The highest BCUT2D eigenvalue weighted by Crippen LogP contribution is 2.10. The molecule has 14 heavy (non-hydrogen) atoms. The molecule has 0 aliphatic carbocycles. The second-order valence-electron chi connectivity index (χ2n) is 3.19. The minimum atomic E-state index is 0.221. The lowest BCUT2D eigenvalue weighted by molar-refractivity contribution is 0.0543. The fourth-order valence-corrected chi connectivity index (χ4v) is 1.53. The molecule has 0 aromatic carbocycles. The van der Waals surface area contributed by atoms with E-state index in [1.165, 1.54) is 0 Å². The first-order valence-corrected chi connectivity index (χ1v) is 5.37. The maximum Gasteiger partial charge on any atom is 0.0736 e. The number of nitrogens with zero attached hydrogens (tertiary/aromatic N) is 1. The van der Waals surface area contributed by atoms with Crippen LogP contribution in [0.25, 0.3) is 0 Å². The van der Waals surface area contributed by atoms with Crippen LogP contribution in [0.5, 0.6) is 0 Å². The molecular formula is C10H15BrN2O. The Bertz CT molecular complexity index is 281. The Balaban J connectivity index is 2.37. The van der Waals surface area contributed by atoms with Crippen molar-refractivity contribution in [3.8, 4) is 0 Å². The molecule has 1 aromatic rings. The molecule has 1 atom stereocenters. The normalized spacial score (nSPS) is 12.8. The smallest absolute Gasteiger partial charge is 0.0736 e. The molecule has 1 rings (SSSR count). The summed E-state index contributed by atoms with van der Waals surface area (Å²) < 4.78 is 6.59. The first-order chi connectivity index (χ1) is 6.72. The SMILES string of the molecule is CNCC(C)OCc1cncc(Br)c1. The summed E-state index contributed by atoms with van der Waals surface area (Å²) in [6.07, 6.45) is 3.80. The van der Waals surface area contributed by atoms with Gasteiger partial charge in [0, 0.05) is 23.4 Å². The lowest BCUT2D eigenvalue weighted by Crippen LogP contribution is -2.23. The van der Waals surface area contributed by atoms with E-state index >= 15 is 0 Å². The monoisotopic (exact) mass is 258 g/mol. The van der Waals surface area contributed by atoms with Gasteiger partial charge in [-0.1, -0.05) is 0 Å². The van der Waals surface area contributed by atoms with E-state index in [4.69, 9.17) is 4.74 Å². The molecule has 4 heteroatoms. The van der Waals surface area contributed by atoms with Crippen LogP contribution >= 0.6 is 15.9 Å². The van der Waals surface area contributed by atoms with Gasteiger partial charge in [-0.2, -0.15) is 0 Å². The third-order valence-electron chi connectivity index (χ3n) is 1.79. The number of hydrogen-bond acceptors (Lipinski definition) is 3. The number of likely N-dealkylation sites (N-methyl/N-ethyl adjacent to an activating group) is 1. The maximum atomic E-state index is 5.60. The number of rotatable bonds is 5. The van der Waals surface area contributed by atoms with Gasteiger partial charge < -0.3 is 10.1 Å². The Hall–Kier alpha value is -0.450. The number of pyridine rings is 1. The molecule has 1 N–H and O–H groups in total. The van der Waals surface area contributed by atoms with Crippen molar-refractivity contribution in [2.75, 3.05) is 13.6 Å². The van der Waals surface area contributed by atoms with Crippen LogP contribution < -0.4 is 5.32 Å². The highest BCUT2D eigenvalue weighted by atomic mass is 79.9. The lowest BCUT2D eigenvalue weighted by atomic mass is 10.3. The van der Waals surface area contributed by atoms with E-state index in [1.54, 1.807) is 6.20 Å². The highest BCUT2D eigenvalue weighted by molar-refractivity contribution is 9.10. The van der Waals surface area contributed by atoms with Crippen LogP contribution in [0.4, 0.5) is 0 Å². The van der Waals surface area contributed by atoms with E-state index in [2.05, 4.69) is 26.2 Å². The van der Waals surface area contributed by atoms with E-state index in [0.717, 1.165) is 16.6 Å². The van der Waals surface area contributed by atoms with Crippen LogP contribution in [0.2, 0.25) is 0 Å². The molecule has 0 amide bonds. The fraction of sp³-hybridized carbons (Fsp3) is 0.500.